The van der Waals surface area contributed by atoms with Gasteiger partial charge in [-0.25, -0.2) is 4.79 Å². The molecular formula is C25H22N3O6-. The molecule has 2 heterocycles. The Labute approximate surface area is 195 Å². The van der Waals surface area contributed by atoms with E-state index in [2.05, 4.69) is 11.8 Å². The third-order valence-corrected chi connectivity index (χ3v) is 5.44. The van der Waals surface area contributed by atoms with Gasteiger partial charge in [-0.1, -0.05) is 55.8 Å². The molecule has 174 valence electrons. The number of amides is 4. The number of carbonyl (C=O) groups is 4. The number of carboxylic acid groups (broad SMARTS) is 1. The van der Waals surface area contributed by atoms with Gasteiger partial charge in [0.1, 0.15) is 5.57 Å². The minimum Gasteiger partial charge on any atom is -0.548 e. The standard InChI is InChI=1S/C25H23N3O6/c1-2-3-14-27-20(34-19-13-12-16-8-4-5-9-17(16)22(19)27)11-7-6-10-18-23(31)26-25(33)28(24(18)32)15-21(29)30/h4-13H,2-3,14-15H2,1H3,(H,29,30)(H,26,31,33)/p-1/b7-6+,18-10-,20-11-. The van der Waals surface area contributed by atoms with E-state index in [1.807, 2.05) is 41.7 Å². The molecule has 2 aliphatic rings. The van der Waals surface area contributed by atoms with Crippen molar-refractivity contribution in [2.24, 2.45) is 0 Å². The second kappa shape index (κ2) is 9.62. The lowest BCUT2D eigenvalue weighted by Crippen LogP contribution is -2.56. The summed E-state index contributed by atoms with van der Waals surface area (Å²) in [6.07, 6.45) is 7.96. The largest absolute Gasteiger partial charge is 0.548 e. The highest BCUT2D eigenvalue weighted by Crippen LogP contribution is 2.44. The molecule has 0 bridgehead atoms. The molecule has 0 radical (unpaired) electrons. The summed E-state index contributed by atoms with van der Waals surface area (Å²) in [5.74, 6) is -2.18. The first kappa shape index (κ1) is 22.8. The van der Waals surface area contributed by atoms with Crippen LogP contribution >= 0.6 is 0 Å². The van der Waals surface area contributed by atoms with Crippen LogP contribution in [0.15, 0.2) is 72.2 Å². The molecule has 0 aliphatic carbocycles. The van der Waals surface area contributed by atoms with Gasteiger partial charge in [-0.15, -0.1) is 0 Å². The number of barbiturate groups is 1. The van der Waals surface area contributed by atoms with Crippen LogP contribution in [0.1, 0.15) is 19.8 Å². The molecule has 0 unspecified atom stereocenters. The quantitative estimate of drug-likeness (QED) is 0.496. The third-order valence-electron chi connectivity index (χ3n) is 5.44. The van der Waals surface area contributed by atoms with Gasteiger partial charge in [0.25, 0.3) is 11.8 Å². The molecule has 4 rings (SSSR count). The van der Waals surface area contributed by atoms with Gasteiger partial charge in [0, 0.05) is 11.9 Å². The number of benzene rings is 2. The van der Waals surface area contributed by atoms with Crippen molar-refractivity contribution in [2.45, 2.75) is 19.8 Å². The fraction of sp³-hybridized carbons (Fsp3) is 0.200. The number of imide groups is 2. The lowest BCUT2D eigenvalue weighted by atomic mass is 10.1. The van der Waals surface area contributed by atoms with Gasteiger partial charge in [0.2, 0.25) is 5.88 Å². The van der Waals surface area contributed by atoms with Crippen LogP contribution in [0.3, 0.4) is 0 Å². The maximum Gasteiger partial charge on any atom is 0.331 e. The summed E-state index contributed by atoms with van der Waals surface area (Å²) in [7, 11) is 0. The first-order chi connectivity index (χ1) is 16.4. The Hall–Kier alpha value is -4.40. The number of ether oxygens (including phenoxy) is 1. The van der Waals surface area contributed by atoms with Crippen LogP contribution in [0.2, 0.25) is 0 Å². The first-order valence-electron chi connectivity index (χ1n) is 10.8. The zero-order chi connectivity index (χ0) is 24.2. The number of allylic oxidation sites excluding steroid dienone is 4. The van der Waals surface area contributed by atoms with E-state index in [1.165, 1.54) is 12.2 Å². The third kappa shape index (κ3) is 4.40. The number of nitrogens with one attached hydrogen (secondary N) is 1. The van der Waals surface area contributed by atoms with Crippen molar-refractivity contribution in [1.29, 1.82) is 0 Å². The van der Waals surface area contributed by atoms with Gasteiger partial charge in [0.15, 0.2) is 5.75 Å². The van der Waals surface area contributed by atoms with E-state index in [0.29, 0.717) is 10.8 Å². The summed E-state index contributed by atoms with van der Waals surface area (Å²) < 4.78 is 6.08. The van der Waals surface area contributed by atoms with Crippen LogP contribution < -0.4 is 20.1 Å². The molecule has 1 fully saturated rings. The molecule has 0 aromatic heterocycles. The number of anilines is 1. The summed E-state index contributed by atoms with van der Waals surface area (Å²) >= 11 is 0. The Morgan fingerprint density at radius 3 is 2.59 bits per heavy atom. The van der Waals surface area contributed by atoms with Crippen LogP contribution in [0.4, 0.5) is 10.5 Å². The highest BCUT2D eigenvalue weighted by molar-refractivity contribution is 6.29. The number of carbonyl (C=O) groups excluding carboxylic acids is 4. The smallest absolute Gasteiger partial charge is 0.331 e. The molecule has 9 nitrogen and oxygen atoms in total. The fourth-order valence-electron chi connectivity index (χ4n) is 3.81. The molecule has 0 atom stereocenters. The Morgan fingerprint density at radius 1 is 1.06 bits per heavy atom. The molecule has 34 heavy (non-hydrogen) atoms. The van der Waals surface area contributed by atoms with Crippen molar-refractivity contribution in [3.05, 3.63) is 72.2 Å². The van der Waals surface area contributed by atoms with Gasteiger partial charge in [-0.2, -0.15) is 0 Å². The number of aliphatic carboxylic acids is 1. The zero-order valence-electron chi connectivity index (χ0n) is 18.4. The number of hydrogen-bond donors (Lipinski definition) is 1. The monoisotopic (exact) mass is 460 g/mol. The minimum atomic E-state index is -1.62. The van der Waals surface area contributed by atoms with Gasteiger partial charge in [-0.05, 0) is 30.0 Å². The summed E-state index contributed by atoms with van der Waals surface area (Å²) in [5, 5.41) is 14.9. The van der Waals surface area contributed by atoms with Crippen LogP contribution in [0.5, 0.6) is 5.75 Å². The van der Waals surface area contributed by atoms with Crippen molar-refractivity contribution < 1.29 is 29.0 Å². The van der Waals surface area contributed by atoms with E-state index < -0.39 is 30.4 Å². The van der Waals surface area contributed by atoms with Crippen LogP contribution in [0.25, 0.3) is 10.8 Å². The molecule has 9 heteroatoms. The van der Waals surface area contributed by atoms with Gasteiger partial charge >= 0.3 is 6.03 Å². The number of unbranched alkanes of at least 4 members (excludes halogenated alkanes) is 1. The Kier molecular flexibility index (Phi) is 6.44. The predicted octanol–water partition coefficient (Wildman–Crippen LogP) is 1.99. The lowest BCUT2D eigenvalue weighted by molar-refractivity contribution is -0.305. The molecule has 1 N–H and O–H groups in total. The van der Waals surface area contributed by atoms with E-state index in [4.69, 9.17) is 4.74 Å². The maximum absolute atomic E-state index is 12.4. The van der Waals surface area contributed by atoms with E-state index in [0.717, 1.165) is 41.6 Å². The van der Waals surface area contributed by atoms with Crippen molar-refractivity contribution in [2.75, 3.05) is 18.0 Å². The average molecular weight is 460 g/mol. The van der Waals surface area contributed by atoms with E-state index in [1.54, 1.807) is 12.2 Å². The van der Waals surface area contributed by atoms with Gasteiger partial charge in [0.05, 0.1) is 18.2 Å². The Morgan fingerprint density at radius 2 is 1.82 bits per heavy atom. The summed E-state index contributed by atoms with van der Waals surface area (Å²) in [6, 6.07) is 10.9. The number of hydrogen-bond acceptors (Lipinski definition) is 7. The molecule has 2 aromatic carbocycles. The van der Waals surface area contributed by atoms with Crippen LogP contribution in [-0.4, -0.2) is 41.8 Å². The first-order valence-corrected chi connectivity index (χ1v) is 10.8. The molecule has 2 aliphatic heterocycles. The fourth-order valence-corrected chi connectivity index (χ4v) is 3.81. The van der Waals surface area contributed by atoms with E-state index in [-0.39, 0.29) is 5.57 Å². The number of fused-ring (bicyclic) bond motifs is 3. The predicted molar refractivity (Wildman–Crippen MR) is 122 cm³/mol. The van der Waals surface area contributed by atoms with Crippen molar-refractivity contribution in [1.82, 2.24) is 10.2 Å². The summed E-state index contributed by atoms with van der Waals surface area (Å²) in [4.78, 5) is 49.5. The SMILES string of the molecule is CCCCN1/C(=C/C=C/C=C2/C(=O)NC(=O)N(CC(=O)[O-])C2=O)Oc2ccc3ccccc3c21. The van der Waals surface area contributed by atoms with Gasteiger partial charge in [-0.3, -0.25) is 19.8 Å². The summed E-state index contributed by atoms with van der Waals surface area (Å²) in [5.41, 5.74) is 0.628. The topological polar surface area (TPSA) is 119 Å². The van der Waals surface area contributed by atoms with Gasteiger partial charge < -0.3 is 19.5 Å². The summed E-state index contributed by atoms with van der Waals surface area (Å²) in [6.45, 7) is 1.91. The lowest BCUT2D eigenvalue weighted by Gasteiger charge is -2.26. The Balaban J connectivity index is 1.60. The molecule has 4 amide bonds. The van der Waals surface area contributed by atoms with Crippen molar-refractivity contribution in [3.63, 3.8) is 0 Å². The number of rotatable bonds is 7. The molecule has 2 aromatic rings. The normalized spacial score (nSPS) is 18.2. The molecule has 1 saturated heterocycles. The van der Waals surface area contributed by atoms with E-state index in [9.17, 15) is 24.3 Å². The van der Waals surface area contributed by atoms with Crippen molar-refractivity contribution in [3.8, 4) is 5.75 Å². The molecular weight excluding hydrogens is 438 g/mol. The highest BCUT2D eigenvalue weighted by Gasteiger charge is 2.35. The second-order valence-electron chi connectivity index (χ2n) is 7.73. The Bertz CT molecular complexity index is 1280. The molecule has 0 spiro atoms. The number of carboxylic acids is 1. The maximum atomic E-state index is 12.4. The number of nitrogens with zero attached hydrogens (tertiary/aromatic N) is 2. The number of urea groups is 1. The van der Waals surface area contributed by atoms with Crippen LogP contribution in [0, 0.1) is 0 Å². The minimum absolute atomic E-state index is 0.361. The average Bonchev–Trinajstić information content (AvgIpc) is 3.17. The highest BCUT2D eigenvalue weighted by atomic mass is 16.5. The second-order valence-corrected chi connectivity index (χ2v) is 7.73. The zero-order valence-corrected chi connectivity index (χ0v) is 18.4. The molecule has 0 saturated carbocycles. The van der Waals surface area contributed by atoms with E-state index >= 15 is 0 Å². The van der Waals surface area contributed by atoms with Crippen LogP contribution in [-0.2, 0) is 14.4 Å². The van der Waals surface area contributed by atoms with Crippen molar-refractivity contribution >= 4 is 40.3 Å².